The highest BCUT2D eigenvalue weighted by atomic mass is 35.5. The molecule has 0 saturated carbocycles. The first-order valence-electron chi connectivity index (χ1n) is 8.56. The minimum Gasteiger partial charge on any atom is -0.506 e. The van der Waals surface area contributed by atoms with Crippen LogP contribution in [-0.4, -0.2) is 26.9 Å². The Balaban J connectivity index is 1.93. The second kappa shape index (κ2) is 7.25. The number of nitrogens with zero attached hydrogens (tertiary/aromatic N) is 3. The smallest absolute Gasteiger partial charge is 0.276 e. The molecule has 0 radical (unpaired) electrons. The Morgan fingerprint density at radius 2 is 2.07 bits per heavy atom. The molecule has 4 rings (SSSR count). The lowest BCUT2D eigenvalue weighted by molar-refractivity contribution is -0.116. The van der Waals surface area contributed by atoms with Crippen molar-refractivity contribution in [2.75, 3.05) is 5.75 Å². The highest BCUT2D eigenvalue weighted by molar-refractivity contribution is 8.13. The number of hydrogen-bond donors (Lipinski definition) is 2. The van der Waals surface area contributed by atoms with Crippen LogP contribution in [0.2, 0.25) is 5.02 Å². The zero-order valence-corrected chi connectivity index (χ0v) is 16.1. The van der Waals surface area contributed by atoms with Crippen molar-refractivity contribution >= 4 is 40.1 Å². The number of phenolic OH excluding ortho intramolecular Hbond substituents is 1. The van der Waals surface area contributed by atoms with Crippen LogP contribution >= 0.6 is 23.4 Å². The number of amidine groups is 1. The zero-order chi connectivity index (χ0) is 19.0. The van der Waals surface area contributed by atoms with Crippen LogP contribution in [0.5, 0.6) is 5.75 Å². The summed E-state index contributed by atoms with van der Waals surface area (Å²) >= 11 is 7.82. The maximum Gasteiger partial charge on any atom is 0.276 e. The summed E-state index contributed by atoms with van der Waals surface area (Å²) in [4.78, 5) is 17.6. The largest absolute Gasteiger partial charge is 0.506 e. The number of fused-ring (bicyclic) bond motifs is 2. The van der Waals surface area contributed by atoms with Gasteiger partial charge in [-0.3, -0.25) is 15.1 Å². The standard InChI is InChI=1S/C19H17ClN4O2S/c1-2-10-27-19-22-18(26)16-11-6-3-4-8-13(11)21-17(24(16)23-19)12-7-5-9-14(25)15(12)20/h3-9,17,25H,2,10H2,1H3,(H,22,23,26). The van der Waals surface area contributed by atoms with Gasteiger partial charge < -0.3 is 5.11 Å². The average Bonchev–Trinajstić information content (AvgIpc) is 2.67. The Labute approximate surface area is 165 Å². The molecule has 0 bridgehead atoms. The molecule has 27 heavy (non-hydrogen) atoms. The van der Waals surface area contributed by atoms with Crippen molar-refractivity contribution in [3.05, 3.63) is 63.6 Å². The van der Waals surface area contributed by atoms with E-state index in [1.165, 1.54) is 17.8 Å². The lowest BCUT2D eigenvalue weighted by atomic mass is 10.1. The van der Waals surface area contributed by atoms with Gasteiger partial charge >= 0.3 is 0 Å². The molecule has 1 unspecified atom stereocenters. The summed E-state index contributed by atoms with van der Waals surface area (Å²) in [6.45, 7) is 2.07. The fraction of sp³-hybridized carbons (Fsp3) is 0.211. The van der Waals surface area contributed by atoms with E-state index in [9.17, 15) is 9.90 Å². The van der Waals surface area contributed by atoms with Crippen molar-refractivity contribution in [3.63, 3.8) is 0 Å². The van der Waals surface area contributed by atoms with Crippen molar-refractivity contribution < 1.29 is 9.90 Å². The van der Waals surface area contributed by atoms with Crippen LogP contribution in [0.3, 0.4) is 0 Å². The number of hydrogen-bond acceptors (Lipinski definition) is 6. The molecule has 2 aliphatic rings. The number of nitrogens with one attached hydrogen (secondary N) is 1. The molecule has 0 saturated heterocycles. The first-order valence-corrected chi connectivity index (χ1v) is 9.93. The maximum atomic E-state index is 12.9. The van der Waals surface area contributed by atoms with Gasteiger partial charge in [-0.15, -0.1) is 5.10 Å². The monoisotopic (exact) mass is 400 g/mol. The second-order valence-corrected chi connectivity index (χ2v) is 7.56. The van der Waals surface area contributed by atoms with Crippen molar-refractivity contribution in [2.45, 2.75) is 19.5 Å². The van der Waals surface area contributed by atoms with Gasteiger partial charge in [-0.25, -0.2) is 5.01 Å². The molecule has 0 fully saturated rings. The summed E-state index contributed by atoms with van der Waals surface area (Å²) < 4.78 is 0. The third kappa shape index (κ3) is 3.17. The van der Waals surface area contributed by atoms with Gasteiger partial charge in [0.2, 0.25) is 0 Å². The van der Waals surface area contributed by atoms with Crippen LogP contribution in [0.1, 0.15) is 25.1 Å². The molecule has 0 aliphatic carbocycles. The molecule has 0 spiro atoms. The van der Waals surface area contributed by atoms with E-state index in [1.807, 2.05) is 24.3 Å². The second-order valence-electron chi connectivity index (χ2n) is 6.10. The number of thioether (sulfide) groups is 1. The van der Waals surface area contributed by atoms with E-state index in [4.69, 9.17) is 16.6 Å². The maximum absolute atomic E-state index is 12.9. The van der Waals surface area contributed by atoms with Gasteiger partial charge in [0.05, 0.1) is 10.4 Å². The Bertz CT molecular complexity index is 1070. The Kier molecular flexibility index (Phi) is 4.80. The Morgan fingerprint density at radius 3 is 2.89 bits per heavy atom. The van der Waals surface area contributed by atoms with Crippen molar-refractivity contribution in [1.29, 1.82) is 0 Å². The number of halogens is 1. The molecule has 1 atom stereocenters. The predicted molar refractivity (Wildman–Crippen MR) is 107 cm³/mol. The van der Waals surface area contributed by atoms with Crippen LogP contribution < -0.4 is 15.9 Å². The first kappa shape index (κ1) is 17.9. The molecule has 8 heteroatoms. The van der Waals surface area contributed by atoms with E-state index < -0.39 is 6.17 Å². The van der Waals surface area contributed by atoms with E-state index >= 15 is 0 Å². The van der Waals surface area contributed by atoms with Crippen molar-refractivity contribution in [3.8, 4) is 5.75 Å². The third-order valence-electron chi connectivity index (χ3n) is 4.24. The van der Waals surface area contributed by atoms with E-state index in [1.54, 1.807) is 17.1 Å². The van der Waals surface area contributed by atoms with Crippen LogP contribution in [0.25, 0.3) is 5.70 Å². The molecular weight excluding hydrogens is 384 g/mol. The summed E-state index contributed by atoms with van der Waals surface area (Å²) in [7, 11) is 0. The van der Waals surface area contributed by atoms with Crippen molar-refractivity contribution in [2.24, 2.45) is 10.1 Å². The van der Waals surface area contributed by atoms with E-state index in [0.717, 1.165) is 12.2 Å². The predicted octanol–water partition coefficient (Wildman–Crippen LogP) is 2.33. The molecule has 138 valence electrons. The number of carbonyl (C=O) groups is 1. The van der Waals surface area contributed by atoms with Gasteiger partial charge in [0.1, 0.15) is 11.4 Å². The minimum atomic E-state index is -0.641. The molecular formula is C19H17ClN4O2S. The summed E-state index contributed by atoms with van der Waals surface area (Å²) in [5.74, 6) is 0.580. The van der Waals surface area contributed by atoms with Gasteiger partial charge in [0.25, 0.3) is 5.91 Å². The molecule has 2 heterocycles. The molecule has 2 N–H and O–H groups in total. The number of rotatable bonds is 3. The van der Waals surface area contributed by atoms with E-state index in [2.05, 4.69) is 17.3 Å². The topological polar surface area (TPSA) is 77.3 Å². The number of aromatic hydroxyl groups is 1. The Morgan fingerprint density at radius 1 is 1.26 bits per heavy atom. The molecule has 2 aromatic rings. The molecule has 2 aliphatic heterocycles. The lowest BCUT2D eigenvalue weighted by Gasteiger charge is -2.34. The highest BCUT2D eigenvalue weighted by Crippen LogP contribution is 2.37. The van der Waals surface area contributed by atoms with Crippen LogP contribution in [-0.2, 0) is 4.79 Å². The fourth-order valence-electron chi connectivity index (χ4n) is 3.03. The Hall–Kier alpha value is -2.51. The normalized spacial score (nSPS) is 18.2. The van der Waals surface area contributed by atoms with Gasteiger partial charge in [-0.2, -0.15) is 0 Å². The average molecular weight is 401 g/mol. The van der Waals surface area contributed by atoms with Crippen LogP contribution in [0.4, 0.5) is 0 Å². The van der Waals surface area contributed by atoms with Gasteiger partial charge in [-0.1, -0.05) is 60.6 Å². The number of carbonyl (C=O) groups excluding carboxylic acids is 1. The van der Waals surface area contributed by atoms with E-state index in [0.29, 0.717) is 27.0 Å². The molecule has 0 aromatic heterocycles. The summed E-state index contributed by atoms with van der Waals surface area (Å²) in [6.07, 6.45) is 0.322. The number of phenols is 1. The highest BCUT2D eigenvalue weighted by Gasteiger charge is 2.35. The quantitative estimate of drug-likeness (QED) is 0.829. The number of para-hydroxylation sites is 1. The summed E-state index contributed by atoms with van der Waals surface area (Å²) in [5, 5.41) is 21.2. The molecule has 6 nitrogen and oxygen atoms in total. The summed E-state index contributed by atoms with van der Waals surface area (Å²) in [6, 6.07) is 12.4. The number of benzene rings is 2. The lowest BCUT2D eigenvalue weighted by Crippen LogP contribution is -2.50. The number of amides is 1. The SMILES string of the molecule is CCCSC1=NN2C(=c3ccccc3=NC2c2cccc(O)c2Cl)C(=O)N1. The fourth-order valence-corrected chi connectivity index (χ4v) is 3.96. The minimum absolute atomic E-state index is 0.0317. The van der Waals surface area contributed by atoms with Crippen molar-refractivity contribution in [1.82, 2.24) is 10.3 Å². The van der Waals surface area contributed by atoms with Crippen LogP contribution in [0.15, 0.2) is 52.6 Å². The van der Waals surface area contributed by atoms with Gasteiger partial charge in [0, 0.05) is 16.5 Å². The first-order chi connectivity index (χ1) is 13.1. The van der Waals surface area contributed by atoms with Gasteiger partial charge in [-0.05, 0) is 18.6 Å². The third-order valence-corrected chi connectivity index (χ3v) is 5.73. The molecule has 1 amide bonds. The molecule has 2 aromatic carbocycles. The van der Waals surface area contributed by atoms with Gasteiger partial charge in [0.15, 0.2) is 11.3 Å². The summed E-state index contributed by atoms with van der Waals surface area (Å²) in [5.41, 5.74) is 1.01. The van der Waals surface area contributed by atoms with Crippen LogP contribution in [0, 0.1) is 0 Å². The van der Waals surface area contributed by atoms with E-state index in [-0.39, 0.29) is 16.7 Å². The number of hydrazone groups is 1. The zero-order valence-electron chi connectivity index (χ0n) is 14.5.